The number of thiocarbonyl (C=S) groups is 1. The molecule has 2 aromatic heterocycles. The van der Waals surface area contributed by atoms with E-state index in [-0.39, 0.29) is 12.1 Å². The summed E-state index contributed by atoms with van der Waals surface area (Å²) in [4.78, 5) is 6.83. The van der Waals surface area contributed by atoms with Gasteiger partial charge in [-0.25, -0.2) is 0 Å². The smallest absolute Gasteiger partial charge is 0.174 e. The second kappa shape index (κ2) is 11.6. The van der Waals surface area contributed by atoms with Crippen molar-refractivity contribution < 1.29 is 9.47 Å². The number of ether oxygens (including phenoxy) is 2. The Morgan fingerprint density at radius 1 is 1.00 bits per heavy atom. The summed E-state index contributed by atoms with van der Waals surface area (Å²) in [7, 11) is 1.64. The van der Waals surface area contributed by atoms with Crippen LogP contribution in [0.4, 0.5) is 5.69 Å². The standard InChI is InChI=1S/C30H31ClN4O2S/c1-20-17-24(21(2)34(20)19-22-9-5-4-6-10-22)29-28(26-11-7-8-14-32-26)33-30(38)35(29)23-12-13-27(25(31)18-23)37-16-15-36-3/h4-14,17-18,28-29H,15-16,19H2,1-3H3,(H,33,38)/t28-,29-/m0/s1. The Hall–Kier alpha value is -3.39. The lowest BCUT2D eigenvalue weighted by Crippen LogP contribution is -2.29. The Morgan fingerprint density at radius 3 is 2.50 bits per heavy atom. The molecule has 5 rings (SSSR count). The van der Waals surface area contributed by atoms with Gasteiger partial charge in [-0.2, -0.15) is 0 Å². The molecule has 2 atom stereocenters. The number of halogens is 1. The Morgan fingerprint density at radius 2 is 1.79 bits per heavy atom. The van der Waals surface area contributed by atoms with Gasteiger partial charge in [0, 0.05) is 36.9 Å². The van der Waals surface area contributed by atoms with Crippen LogP contribution in [0.15, 0.2) is 79.0 Å². The van der Waals surface area contributed by atoms with Crippen LogP contribution in [0.2, 0.25) is 5.02 Å². The predicted octanol–water partition coefficient (Wildman–Crippen LogP) is 6.40. The zero-order valence-electron chi connectivity index (χ0n) is 21.7. The van der Waals surface area contributed by atoms with Gasteiger partial charge in [-0.1, -0.05) is 48.0 Å². The van der Waals surface area contributed by atoms with Crippen molar-refractivity contribution in [2.75, 3.05) is 25.2 Å². The maximum atomic E-state index is 6.66. The maximum Gasteiger partial charge on any atom is 0.174 e. The van der Waals surface area contributed by atoms with Crippen LogP contribution >= 0.6 is 23.8 Å². The minimum Gasteiger partial charge on any atom is -0.490 e. The second-order valence-corrected chi connectivity index (χ2v) is 10.1. The lowest BCUT2D eigenvalue weighted by atomic mass is 9.96. The van der Waals surface area contributed by atoms with E-state index in [1.54, 1.807) is 7.11 Å². The average Bonchev–Trinajstić information content (AvgIpc) is 3.41. The van der Waals surface area contributed by atoms with E-state index in [0.717, 1.165) is 17.9 Å². The van der Waals surface area contributed by atoms with Crippen LogP contribution in [0.25, 0.3) is 0 Å². The first-order valence-corrected chi connectivity index (χ1v) is 13.4. The zero-order valence-corrected chi connectivity index (χ0v) is 23.3. The average molecular weight is 547 g/mol. The highest BCUT2D eigenvalue weighted by Crippen LogP contribution is 2.44. The first-order valence-electron chi connectivity index (χ1n) is 12.6. The van der Waals surface area contributed by atoms with Crippen LogP contribution in [0.3, 0.4) is 0 Å². The molecule has 0 spiro atoms. The molecule has 4 aromatic rings. The number of nitrogens with zero attached hydrogens (tertiary/aromatic N) is 3. The summed E-state index contributed by atoms with van der Waals surface area (Å²) in [5.41, 5.74) is 6.66. The summed E-state index contributed by atoms with van der Waals surface area (Å²) in [6.45, 7) is 6.06. The van der Waals surface area contributed by atoms with E-state index in [1.807, 2.05) is 48.7 Å². The number of nitrogens with one attached hydrogen (secondary N) is 1. The number of pyridine rings is 1. The molecule has 2 aromatic carbocycles. The highest BCUT2D eigenvalue weighted by Gasteiger charge is 2.42. The largest absolute Gasteiger partial charge is 0.490 e. The third-order valence-corrected chi connectivity index (χ3v) is 7.56. The molecule has 0 bridgehead atoms. The number of methoxy groups -OCH3 is 1. The van der Waals surface area contributed by atoms with Crippen molar-refractivity contribution in [2.45, 2.75) is 32.5 Å². The lowest BCUT2D eigenvalue weighted by molar-refractivity contribution is 0.146. The number of aryl methyl sites for hydroxylation is 1. The first kappa shape index (κ1) is 26.2. The summed E-state index contributed by atoms with van der Waals surface area (Å²) >= 11 is 12.6. The van der Waals surface area contributed by atoms with Crippen LogP contribution < -0.4 is 15.0 Å². The summed E-state index contributed by atoms with van der Waals surface area (Å²) < 4.78 is 13.2. The topological polar surface area (TPSA) is 51.6 Å². The minimum absolute atomic E-state index is 0.121. The van der Waals surface area contributed by atoms with E-state index >= 15 is 0 Å². The molecule has 0 unspecified atom stereocenters. The molecule has 1 aliphatic heterocycles. The molecule has 0 saturated carbocycles. The van der Waals surface area contributed by atoms with E-state index in [1.165, 1.54) is 22.5 Å². The third kappa shape index (κ3) is 5.27. The van der Waals surface area contributed by atoms with Crippen molar-refractivity contribution in [1.82, 2.24) is 14.9 Å². The monoisotopic (exact) mass is 546 g/mol. The summed E-state index contributed by atoms with van der Waals surface area (Å²) in [5.74, 6) is 0.615. The van der Waals surface area contributed by atoms with Crippen molar-refractivity contribution in [3.63, 3.8) is 0 Å². The first-order chi connectivity index (χ1) is 18.5. The van der Waals surface area contributed by atoms with Crippen LogP contribution in [0.5, 0.6) is 5.75 Å². The molecule has 6 nitrogen and oxygen atoms in total. The van der Waals surface area contributed by atoms with E-state index in [9.17, 15) is 0 Å². The van der Waals surface area contributed by atoms with E-state index in [4.69, 9.17) is 33.3 Å². The summed E-state index contributed by atoms with van der Waals surface area (Å²) in [6.07, 6.45) is 1.82. The van der Waals surface area contributed by atoms with E-state index in [0.29, 0.717) is 29.1 Å². The Kier molecular flexibility index (Phi) is 7.98. The van der Waals surface area contributed by atoms with Crippen molar-refractivity contribution in [3.05, 3.63) is 112 Å². The number of hydrogen-bond donors (Lipinski definition) is 1. The maximum absolute atomic E-state index is 6.66. The molecular weight excluding hydrogens is 516 g/mol. The Labute approximate surface area is 234 Å². The zero-order chi connectivity index (χ0) is 26.6. The van der Waals surface area contributed by atoms with Gasteiger partial charge in [-0.3, -0.25) is 4.98 Å². The minimum atomic E-state index is -0.134. The lowest BCUT2D eigenvalue weighted by Gasteiger charge is -2.28. The number of hydrogen-bond acceptors (Lipinski definition) is 4. The number of aromatic nitrogens is 2. The molecule has 1 aliphatic rings. The third-order valence-electron chi connectivity index (χ3n) is 6.95. The molecule has 0 aliphatic carbocycles. The Balaban J connectivity index is 1.56. The molecule has 1 saturated heterocycles. The SMILES string of the molecule is COCCOc1ccc(N2C(=S)N[C@@H](c3ccccn3)[C@@H]2c2cc(C)n(Cc3ccccc3)c2C)cc1Cl. The van der Waals surface area contributed by atoms with E-state index < -0.39 is 0 Å². The number of benzene rings is 2. The van der Waals surface area contributed by atoms with Crippen molar-refractivity contribution in [1.29, 1.82) is 0 Å². The molecule has 196 valence electrons. The van der Waals surface area contributed by atoms with Gasteiger partial charge in [0.2, 0.25) is 0 Å². The van der Waals surface area contributed by atoms with Crippen LogP contribution in [0.1, 0.15) is 40.3 Å². The normalized spacial score (nSPS) is 17.1. The van der Waals surface area contributed by atoms with Gasteiger partial charge >= 0.3 is 0 Å². The number of rotatable bonds is 9. The van der Waals surface area contributed by atoms with Crippen LogP contribution in [-0.4, -0.2) is 35.0 Å². The Bertz CT molecular complexity index is 1410. The van der Waals surface area contributed by atoms with Crippen molar-refractivity contribution in [3.8, 4) is 5.75 Å². The quantitative estimate of drug-likeness (QED) is 0.193. The molecule has 3 heterocycles. The number of anilines is 1. The van der Waals surface area contributed by atoms with Gasteiger partial charge in [-0.05, 0) is 73.6 Å². The van der Waals surface area contributed by atoms with E-state index in [2.05, 4.69) is 63.9 Å². The van der Waals surface area contributed by atoms with Gasteiger partial charge in [0.05, 0.1) is 29.4 Å². The van der Waals surface area contributed by atoms with Gasteiger partial charge in [0.1, 0.15) is 12.4 Å². The molecule has 0 amide bonds. The molecule has 1 fully saturated rings. The highest BCUT2D eigenvalue weighted by atomic mass is 35.5. The predicted molar refractivity (Wildman–Crippen MR) is 156 cm³/mol. The molecule has 1 N–H and O–H groups in total. The molecule has 0 radical (unpaired) electrons. The van der Waals surface area contributed by atoms with Crippen molar-refractivity contribution >= 4 is 34.6 Å². The summed E-state index contributed by atoms with van der Waals surface area (Å²) in [6, 6.07) is 24.3. The molecule has 38 heavy (non-hydrogen) atoms. The van der Waals surface area contributed by atoms with Gasteiger partial charge in [0.15, 0.2) is 5.11 Å². The van der Waals surface area contributed by atoms with Gasteiger partial charge < -0.3 is 24.3 Å². The molecule has 8 heteroatoms. The summed E-state index contributed by atoms with van der Waals surface area (Å²) in [5, 5.41) is 4.70. The second-order valence-electron chi connectivity index (χ2n) is 9.35. The highest BCUT2D eigenvalue weighted by molar-refractivity contribution is 7.80. The fourth-order valence-corrected chi connectivity index (χ4v) is 5.65. The van der Waals surface area contributed by atoms with Gasteiger partial charge in [0.25, 0.3) is 0 Å². The van der Waals surface area contributed by atoms with Crippen LogP contribution in [0, 0.1) is 13.8 Å². The molecular formula is C30H31ClN4O2S. The van der Waals surface area contributed by atoms with Crippen LogP contribution in [-0.2, 0) is 11.3 Å². The van der Waals surface area contributed by atoms with Crippen molar-refractivity contribution in [2.24, 2.45) is 0 Å². The fraction of sp³-hybridized carbons (Fsp3) is 0.267. The fourth-order valence-electron chi connectivity index (χ4n) is 5.08. The van der Waals surface area contributed by atoms with Gasteiger partial charge in [-0.15, -0.1) is 0 Å².